The predicted molar refractivity (Wildman–Crippen MR) is 62.5 cm³/mol. The second kappa shape index (κ2) is 5.01. The third-order valence-corrected chi connectivity index (χ3v) is 3.01. The normalized spacial score (nSPS) is 15.6. The lowest BCUT2D eigenvalue weighted by atomic mass is 10.1. The van der Waals surface area contributed by atoms with Gasteiger partial charge in [0.05, 0.1) is 7.11 Å². The van der Waals surface area contributed by atoms with Crippen LogP contribution in [-0.2, 0) is 11.2 Å². The summed E-state index contributed by atoms with van der Waals surface area (Å²) in [6, 6.07) is 7.98. The van der Waals surface area contributed by atoms with Gasteiger partial charge in [0.1, 0.15) is 5.75 Å². The van der Waals surface area contributed by atoms with E-state index in [9.17, 15) is 4.79 Å². The third-order valence-electron chi connectivity index (χ3n) is 3.01. The van der Waals surface area contributed by atoms with Gasteiger partial charge in [-0.25, -0.2) is 0 Å². The maximum Gasteiger partial charge on any atom is 0.222 e. The van der Waals surface area contributed by atoms with E-state index in [1.165, 1.54) is 5.56 Å². The summed E-state index contributed by atoms with van der Waals surface area (Å²) < 4.78 is 5.28. The number of carbonyl (C=O) groups is 1. The fourth-order valence-electron chi connectivity index (χ4n) is 2.11. The molecule has 3 nitrogen and oxygen atoms in total. The highest BCUT2D eigenvalue weighted by Gasteiger charge is 2.19. The third kappa shape index (κ3) is 2.35. The van der Waals surface area contributed by atoms with Crippen molar-refractivity contribution in [3.63, 3.8) is 0 Å². The molecule has 0 aromatic heterocycles. The number of ether oxygens (including phenoxy) is 1. The molecular weight excluding hydrogens is 202 g/mol. The first-order chi connectivity index (χ1) is 7.81. The molecule has 0 atom stereocenters. The lowest BCUT2D eigenvalue weighted by Gasteiger charge is -2.16. The van der Waals surface area contributed by atoms with Gasteiger partial charge in [-0.3, -0.25) is 4.79 Å². The first kappa shape index (κ1) is 11.0. The van der Waals surface area contributed by atoms with Crippen molar-refractivity contribution in [3.05, 3.63) is 29.8 Å². The monoisotopic (exact) mass is 219 g/mol. The van der Waals surface area contributed by atoms with Gasteiger partial charge in [0.2, 0.25) is 5.91 Å². The van der Waals surface area contributed by atoms with Gasteiger partial charge in [0.25, 0.3) is 0 Å². The average Bonchev–Trinajstić information content (AvgIpc) is 2.72. The van der Waals surface area contributed by atoms with Gasteiger partial charge in [-0.1, -0.05) is 18.2 Å². The maximum atomic E-state index is 11.4. The van der Waals surface area contributed by atoms with Crippen LogP contribution in [0.4, 0.5) is 0 Å². The van der Waals surface area contributed by atoms with E-state index >= 15 is 0 Å². The molecule has 1 saturated heterocycles. The van der Waals surface area contributed by atoms with Crippen LogP contribution in [0.2, 0.25) is 0 Å². The molecule has 0 N–H and O–H groups in total. The number of nitrogens with zero attached hydrogens (tertiary/aromatic N) is 1. The van der Waals surface area contributed by atoms with Gasteiger partial charge in [-0.15, -0.1) is 0 Å². The van der Waals surface area contributed by atoms with Crippen LogP contribution in [0.5, 0.6) is 5.75 Å². The van der Waals surface area contributed by atoms with E-state index in [4.69, 9.17) is 4.74 Å². The van der Waals surface area contributed by atoms with Crippen molar-refractivity contribution < 1.29 is 9.53 Å². The highest BCUT2D eigenvalue weighted by Crippen LogP contribution is 2.19. The van der Waals surface area contributed by atoms with Crippen LogP contribution in [0, 0.1) is 0 Å². The number of carbonyl (C=O) groups excluding carboxylic acids is 1. The molecule has 1 fully saturated rings. The number of amides is 1. The van der Waals surface area contributed by atoms with Crippen molar-refractivity contribution >= 4 is 5.91 Å². The van der Waals surface area contributed by atoms with Crippen LogP contribution in [0.3, 0.4) is 0 Å². The van der Waals surface area contributed by atoms with Gasteiger partial charge in [-0.05, 0) is 24.5 Å². The fraction of sp³-hybridized carbons (Fsp3) is 0.462. The molecular formula is C13H17NO2. The molecule has 0 spiro atoms. The molecule has 0 unspecified atom stereocenters. The Hall–Kier alpha value is -1.51. The predicted octanol–water partition coefficient (Wildman–Crippen LogP) is 1.86. The van der Waals surface area contributed by atoms with Crippen LogP contribution in [0.1, 0.15) is 18.4 Å². The fourth-order valence-corrected chi connectivity index (χ4v) is 2.11. The van der Waals surface area contributed by atoms with E-state index in [0.717, 1.165) is 31.7 Å². The molecule has 0 bridgehead atoms. The average molecular weight is 219 g/mol. The van der Waals surface area contributed by atoms with Gasteiger partial charge in [-0.2, -0.15) is 0 Å². The minimum absolute atomic E-state index is 0.287. The van der Waals surface area contributed by atoms with Crippen LogP contribution < -0.4 is 4.74 Å². The molecule has 1 aromatic carbocycles. The maximum absolute atomic E-state index is 11.4. The van der Waals surface area contributed by atoms with Crippen LogP contribution >= 0.6 is 0 Å². The lowest BCUT2D eigenvalue weighted by molar-refractivity contribution is -0.127. The van der Waals surface area contributed by atoms with Gasteiger partial charge in [0, 0.05) is 19.5 Å². The molecule has 16 heavy (non-hydrogen) atoms. The quantitative estimate of drug-likeness (QED) is 0.773. The summed E-state index contributed by atoms with van der Waals surface area (Å²) in [7, 11) is 1.68. The Balaban J connectivity index is 1.96. The van der Waals surface area contributed by atoms with Crippen molar-refractivity contribution in [1.82, 2.24) is 4.90 Å². The molecule has 0 radical (unpaired) electrons. The molecule has 1 aromatic rings. The number of benzene rings is 1. The summed E-state index contributed by atoms with van der Waals surface area (Å²) in [5, 5.41) is 0. The zero-order valence-corrected chi connectivity index (χ0v) is 9.61. The van der Waals surface area contributed by atoms with Crippen molar-refractivity contribution in [2.75, 3.05) is 20.2 Å². The molecule has 1 amide bonds. The number of likely N-dealkylation sites (tertiary alicyclic amines) is 1. The largest absolute Gasteiger partial charge is 0.496 e. The Kier molecular flexibility index (Phi) is 3.44. The number of para-hydroxylation sites is 1. The molecule has 1 aliphatic rings. The Bertz CT molecular complexity index is 376. The Morgan fingerprint density at radius 1 is 1.38 bits per heavy atom. The summed E-state index contributed by atoms with van der Waals surface area (Å²) >= 11 is 0. The zero-order valence-electron chi connectivity index (χ0n) is 9.61. The molecule has 0 saturated carbocycles. The highest BCUT2D eigenvalue weighted by atomic mass is 16.5. The standard InChI is InChI=1S/C13H17NO2/c1-16-12-6-3-2-5-11(12)8-10-14-9-4-7-13(14)15/h2-3,5-6H,4,7-10H2,1H3. The second-order valence-corrected chi connectivity index (χ2v) is 4.05. The van der Waals surface area contributed by atoms with Gasteiger partial charge in [0.15, 0.2) is 0 Å². The van der Waals surface area contributed by atoms with E-state index in [1.807, 2.05) is 23.1 Å². The smallest absolute Gasteiger partial charge is 0.222 e. The van der Waals surface area contributed by atoms with Crippen LogP contribution in [0.15, 0.2) is 24.3 Å². The Labute approximate surface area is 96.0 Å². The zero-order chi connectivity index (χ0) is 11.4. The van der Waals surface area contributed by atoms with Crippen molar-refractivity contribution in [1.29, 1.82) is 0 Å². The van der Waals surface area contributed by atoms with E-state index in [1.54, 1.807) is 7.11 Å². The first-order valence-electron chi connectivity index (χ1n) is 5.71. The van der Waals surface area contributed by atoms with Crippen molar-refractivity contribution in [2.45, 2.75) is 19.3 Å². The minimum Gasteiger partial charge on any atom is -0.496 e. The Morgan fingerprint density at radius 3 is 2.88 bits per heavy atom. The van der Waals surface area contributed by atoms with Crippen LogP contribution in [0.25, 0.3) is 0 Å². The lowest BCUT2D eigenvalue weighted by Crippen LogP contribution is -2.26. The molecule has 1 heterocycles. The minimum atomic E-state index is 0.287. The van der Waals surface area contributed by atoms with E-state index in [0.29, 0.717) is 6.42 Å². The summed E-state index contributed by atoms with van der Waals surface area (Å²) in [5.74, 6) is 1.20. The summed E-state index contributed by atoms with van der Waals surface area (Å²) in [4.78, 5) is 13.4. The number of hydrogen-bond donors (Lipinski definition) is 0. The Morgan fingerprint density at radius 2 is 2.19 bits per heavy atom. The van der Waals surface area contributed by atoms with E-state index < -0.39 is 0 Å². The number of methoxy groups -OCH3 is 1. The van der Waals surface area contributed by atoms with Crippen LogP contribution in [-0.4, -0.2) is 31.0 Å². The SMILES string of the molecule is COc1ccccc1CCN1CCCC1=O. The molecule has 86 valence electrons. The topological polar surface area (TPSA) is 29.5 Å². The number of hydrogen-bond acceptors (Lipinski definition) is 2. The van der Waals surface area contributed by atoms with Crippen molar-refractivity contribution in [2.24, 2.45) is 0 Å². The van der Waals surface area contributed by atoms with E-state index in [2.05, 4.69) is 6.07 Å². The van der Waals surface area contributed by atoms with Crippen molar-refractivity contribution in [3.8, 4) is 5.75 Å². The van der Waals surface area contributed by atoms with Gasteiger partial charge >= 0.3 is 0 Å². The molecule has 3 heteroatoms. The number of rotatable bonds is 4. The highest BCUT2D eigenvalue weighted by molar-refractivity contribution is 5.78. The molecule has 2 rings (SSSR count). The van der Waals surface area contributed by atoms with E-state index in [-0.39, 0.29) is 5.91 Å². The summed E-state index contributed by atoms with van der Waals surface area (Å²) in [5.41, 5.74) is 1.17. The first-order valence-corrected chi connectivity index (χ1v) is 5.71. The summed E-state index contributed by atoms with van der Waals surface area (Å²) in [6.45, 7) is 1.72. The summed E-state index contributed by atoms with van der Waals surface area (Å²) in [6.07, 6.45) is 2.59. The van der Waals surface area contributed by atoms with Gasteiger partial charge < -0.3 is 9.64 Å². The molecule has 0 aliphatic carbocycles. The molecule has 1 aliphatic heterocycles. The second-order valence-electron chi connectivity index (χ2n) is 4.05.